The molecule has 1 aliphatic rings. The number of nitrogens with two attached hydrogens (primary N) is 1. The molecule has 0 spiro atoms. The molecule has 28 heavy (non-hydrogen) atoms. The first-order valence-corrected chi connectivity index (χ1v) is 9.65. The van der Waals surface area contributed by atoms with Crippen LogP contribution in [0.2, 0.25) is 0 Å². The number of Topliss-reactive ketones (excluding diaryl/α,β-unsaturated/α-hetero) is 1. The van der Waals surface area contributed by atoms with Gasteiger partial charge in [-0.3, -0.25) is 4.79 Å². The number of benzene rings is 2. The van der Waals surface area contributed by atoms with Crippen molar-refractivity contribution in [2.45, 2.75) is 38.7 Å². The summed E-state index contributed by atoms with van der Waals surface area (Å²) < 4.78 is 17.4. The lowest BCUT2D eigenvalue weighted by Crippen LogP contribution is -2.13. The molecule has 2 aromatic rings. The van der Waals surface area contributed by atoms with Crippen molar-refractivity contribution < 1.29 is 19.0 Å². The third-order valence-electron chi connectivity index (χ3n) is 4.79. The number of ketones is 1. The second kappa shape index (κ2) is 9.42. The predicted octanol–water partition coefficient (Wildman–Crippen LogP) is 4.95. The molecule has 2 aromatic carbocycles. The Bertz CT molecular complexity index is 823. The summed E-state index contributed by atoms with van der Waals surface area (Å²) in [7, 11) is 0. The summed E-state index contributed by atoms with van der Waals surface area (Å²) in [6.07, 6.45) is 5.25. The molecule has 2 N–H and O–H groups in total. The normalized spacial score (nSPS) is 14.0. The van der Waals surface area contributed by atoms with E-state index in [4.69, 9.17) is 19.9 Å². The minimum Gasteiger partial charge on any atom is -0.491 e. The van der Waals surface area contributed by atoms with E-state index in [1.165, 1.54) is 19.8 Å². The van der Waals surface area contributed by atoms with Crippen molar-refractivity contribution in [3.63, 3.8) is 0 Å². The number of ether oxygens (including phenoxy) is 3. The summed E-state index contributed by atoms with van der Waals surface area (Å²) in [5.74, 6) is 1.73. The quantitative estimate of drug-likeness (QED) is 0.492. The monoisotopic (exact) mass is 381 g/mol. The molecule has 148 valence electrons. The molecular weight excluding hydrogens is 354 g/mol. The number of carbonyl (C=O) groups excluding carboxylic acids is 1. The standard InChI is InChI=1S/C23H27NO4/c1-16(24)18-7-12-22(17(2)25)23(15-18)28-21-10-8-20(9-11-21)27-14-13-26-19-5-3-4-6-19/h7-12,15,19H,1,3-6,13-14,24H2,2H3. The van der Waals surface area contributed by atoms with Gasteiger partial charge in [0, 0.05) is 11.3 Å². The average Bonchev–Trinajstić information content (AvgIpc) is 3.19. The lowest BCUT2D eigenvalue weighted by Gasteiger charge is -2.13. The van der Waals surface area contributed by atoms with Crippen molar-refractivity contribution in [3.05, 3.63) is 60.2 Å². The molecule has 0 heterocycles. The van der Waals surface area contributed by atoms with E-state index in [1.54, 1.807) is 30.3 Å². The van der Waals surface area contributed by atoms with Crippen molar-refractivity contribution in [1.82, 2.24) is 0 Å². The Hall–Kier alpha value is -2.79. The Morgan fingerprint density at radius 2 is 1.75 bits per heavy atom. The van der Waals surface area contributed by atoms with Crippen LogP contribution >= 0.6 is 0 Å². The zero-order chi connectivity index (χ0) is 19.9. The molecule has 5 heteroatoms. The molecule has 0 bridgehead atoms. The Morgan fingerprint density at radius 3 is 2.39 bits per heavy atom. The summed E-state index contributed by atoms with van der Waals surface area (Å²) in [6, 6.07) is 12.5. The molecule has 0 amide bonds. The van der Waals surface area contributed by atoms with E-state index in [9.17, 15) is 4.79 Å². The lowest BCUT2D eigenvalue weighted by atomic mass is 10.1. The highest BCUT2D eigenvalue weighted by Crippen LogP contribution is 2.29. The van der Waals surface area contributed by atoms with Crippen LogP contribution in [0.3, 0.4) is 0 Å². The van der Waals surface area contributed by atoms with Gasteiger partial charge in [-0.05, 0) is 56.2 Å². The minimum atomic E-state index is -0.0774. The third kappa shape index (κ3) is 5.36. The van der Waals surface area contributed by atoms with Crippen LogP contribution in [0, 0.1) is 0 Å². The summed E-state index contributed by atoms with van der Waals surface area (Å²) in [5, 5.41) is 0. The van der Waals surface area contributed by atoms with E-state index >= 15 is 0 Å². The molecule has 0 aromatic heterocycles. The molecule has 1 saturated carbocycles. The van der Waals surface area contributed by atoms with Crippen molar-refractivity contribution in [2.24, 2.45) is 5.73 Å². The summed E-state index contributed by atoms with van der Waals surface area (Å²) in [5.41, 5.74) is 7.40. The SMILES string of the molecule is C=C(N)c1ccc(C(C)=O)c(Oc2ccc(OCCOC3CCCC3)cc2)c1. The number of rotatable bonds is 9. The molecule has 0 unspecified atom stereocenters. The van der Waals surface area contributed by atoms with E-state index in [-0.39, 0.29) is 5.78 Å². The molecule has 1 fully saturated rings. The predicted molar refractivity (Wildman–Crippen MR) is 110 cm³/mol. The van der Waals surface area contributed by atoms with Crippen LogP contribution in [-0.2, 0) is 4.74 Å². The largest absolute Gasteiger partial charge is 0.491 e. The van der Waals surface area contributed by atoms with Crippen LogP contribution in [0.4, 0.5) is 0 Å². The van der Waals surface area contributed by atoms with Gasteiger partial charge in [0.05, 0.1) is 18.3 Å². The molecule has 3 rings (SSSR count). The first-order chi connectivity index (χ1) is 13.5. The van der Waals surface area contributed by atoms with Gasteiger partial charge in [-0.2, -0.15) is 0 Å². The van der Waals surface area contributed by atoms with Crippen LogP contribution in [0.5, 0.6) is 17.2 Å². The Labute approximate surface area is 166 Å². The highest BCUT2D eigenvalue weighted by atomic mass is 16.5. The topological polar surface area (TPSA) is 70.8 Å². The van der Waals surface area contributed by atoms with Crippen molar-refractivity contribution in [2.75, 3.05) is 13.2 Å². The van der Waals surface area contributed by atoms with Crippen LogP contribution in [0.1, 0.15) is 48.5 Å². The average molecular weight is 381 g/mol. The molecule has 0 radical (unpaired) electrons. The Kier molecular flexibility index (Phi) is 6.71. The first-order valence-electron chi connectivity index (χ1n) is 9.65. The maximum atomic E-state index is 11.9. The number of hydrogen-bond acceptors (Lipinski definition) is 5. The summed E-state index contributed by atoms with van der Waals surface area (Å²) in [6.45, 7) is 6.35. The zero-order valence-corrected chi connectivity index (χ0v) is 16.3. The van der Waals surface area contributed by atoms with Gasteiger partial charge in [0.1, 0.15) is 23.9 Å². The van der Waals surface area contributed by atoms with Gasteiger partial charge in [-0.15, -0.1) is 0 Å². The van der Waals surface area contributed by atoms with E-state index in [0.717, 1.165) is 24.2 Å². The molecule has 5 nitrogen and oxygen atoms in total. The zero-order valence-electron chi connectivity index (χ0n) is 16.3. The van der Waals surface area contributed by atoms with E-state index in [1.807, 2.05) is 12.1 Å². The van der Waals surface area contributed by atoms with E-state index < -0.39 is 0 Å². The fourth-order valence-corrected chi connectivity index (χ4v) is 3.26. The van der Waals surface area contributed by atoms with Gasteiger partial charge in [-0.1, -0.05) is 25.5 Å². The Balaban J connectivity index is 1.58. The second-order valence-corrected chi connectivity index (χ2v) is 6.99. The summed E-state index contributed by atoms with van der Waals surface area (Å²) >= 11 is 0. The van der Waals surface area contributed by atoms with Gasteiger partial charge < -0.3 is 19.9 Å². The fourth-order valence-electron chi connectivity index (χ4n) is 3.26. The highest BCUT2D eigenvalue weighted by molar-refractivity contribution is 5.97. The van der Waals surface area contributed by atoms with E-state index in [2.05, 4.69) is 6.58 Å². The van der Waals surface area contributed by atoms with E-state index in [0.29, 0.717) is 42.1 Å². The maximum absolute atomic E-state index is 11.9. The Morgan fingerprint density at radius 1 is 1.07 bits per heavy atom. The molecule has 1 aliphatic carbocycles. The molecule has 0 atom stereocenters. The minimum absolute atomic E-state index is 0.0774. The van der Waals surface area contributed by atoms with Crippen LogP contribution < -0.4 is 15.2 Å². The smallest absolute Gasteiger partial charge is 0.163 e. The number of hydrogen-bond donors (Lipinski definition) is 1. The van der Waals surface area contributed by atoms with Gasteiger partial charge in [0.25, 0.3) is 0 Å². The van der Waals surface area contributed by atoms with Crippen molar-refractivity contribution >= 4 is 11.5 Å². The van der Waals surface area contributed by atoms with Gasteiger partial charge >= 0.3 is 0 Å². The van der Waals surface area contributed by atoms with Crippen molar-refractivity contribution in [1.29, 1.82) is 0 Å². The molecular formula is C23H27NO4. The van der Waals surface area contributed by atoms with Crippen LogP contribution in [0.25, 0.3) is 5.70 Å². The second-order valence-electron chi connectivity index (χ2n) is 6.99. The third-order valence-corrected chi connectivity index (χ3v) is 4.79. The lowest BCUT2D eigenvalue weighted by molar-refractivity contribution is 0.0382. The van der Waals surface area contributed by atoms with Crippen LogP contribution in [0.15, 0.2) is 49.0 Å². The van der Waals surface area contributed by atoms with Gasteiger partial charge in [-0.25, -0.2) is 0 Å². The summed E-state index contributed by atoms with van der Waals surface area (Å²) in [4.78, 5) is 11.9. The number of carbonyl (C=O) groups is 1. The molecule has 0 aliphatic heterocycles. The fraction of sp³-hybridized carbons (Fsp3) is 0.348. The highest BCUT2D eigenvalue weighted by Gasteiger charge is 2.15. The van der Waals surface area contributed by atoms with Crippen LogP contribution in [-0.4, -0.2) is 25.1 Å². The van der Waals surface area contributed by atoms with Gasteiger partial charge in [0.15, 0.2) is 5.78 Å². The molecule has 0 saturated heterocycles. The van der Waals surface area contributed by atoms with Gasteiger partial charge in [0.2, 0.25) is 0 Å². The maximum Gasteiger partial charge on any atom is 0.163 e. The van der Waals surface area contributed by atoms with Crippen molar-refractivity contribution in [3.8, 4) is 17.2 Å². The first kappa shape index (κ1) is 20.0.